The van der Waals surface area contributed by atoms with Gasteiger partial charge in [0.25, 0.3) is 5.91 Å². The van der Waals surface area contributed by atoms with Gasteiger partial charge < -0.3 is 9.88 Å². The Morgan fingerprint density at radius 1 is 1.00 bits per heavy atom. The van der Waals surface area contributed by atoms with E-state index in [1.54, 1.807) is 60.9 Å². The van der Waals surface area contributed by atoms with Crippen LogP contribution in [0.1, 0.15) is 27.2 Å². The van der Waals surface area contributed by atoms with E-state index in [2.05, 4.69) is 25.3 Å². The highest BCUT2D eigenvalue weighted by Crippen LogP contribution is 2.36. The number of imidazole rings is 1. The molecule has 2 aromatic carbocycles. The predicted molar refractivity (Wildman–Crippen MR) is 138 cm³/mol. The van der Waals surface area contributed by atoms with Gasteiger partial charge in [-0.05, 0) is 55.8 Å². The number of halogens is 3. The molecule has 5 aromatic rings. The molecule has 0 bridgehead atoms. The fourth-order valence-electron chi connectivity index (χ4n) is 3.78. The average molecular weight is 536 g/mol. The number of benzene rings is 2. The van der Waals surface area contributed by atoms with Crippen molar-refractivity contribution in [3.05, 3.63) is 101 Å². The van der Waals surface area contributed by atoms with Crippen LogP contribution in [0, 0.1) is 13.8 Å². The fraction of sp³-hybridized carbons (Fsp3) is 0.115. The van der Waals surface area contributed by atoms with Crippen LogP contribution in [0.25, 0.3) is 5.69 Å². The van der Waals surface area contributed by atoms with Crippen LogP contribution in [-0.2, 0) is 6.18 Å². The third-order valence-electron chi connectivity index (χ3n) is 5.59. The first-order valence-corrected chi connectivity index (χ1v) is 12.2. The van der Waals surface area contributed by atoms with Crippen LogP contribution in [0.2, 0.25) is 0 Å². The summed E-state index contributed by atoms with van der Waals surface area (Å²) in [4.78, 5) is 32.1. The normalized spacial score (nSPS) is 11.4. The number of amides is 1. The van der Waals surface area contributed by atoms with Crippen molar-refractivity contribution in [3.8, 4) is 5.69 Å². The van der Waals surface area contributed by atoms with Crippen LogP contribution in [0.15, 0.2) is 79.0 Å². The smallest absolute Gasteiger partial charge is 0.322 e. The summed E-state index contributed by atoms with van der Waals surface area (Å²) >= 11 is 1.37. The van der Waals surface area contributed by atoms with E-state index in [9.17, 15) is 18.0 Å². The summed E-state index contributed by atoms with van der Waals surface area (Å²) in [7, 11) is 0. The minimum Gasteiger partial charge on any atom is -0.322 e. The van der Waals surface area contributed by atoms with Gasteiger partial charge in [-0.2, -0.15) is 13.2 Å². The van der Waals surface area contributed by atoms with Crippen molar-refractivity contribution in [3.63, 3.8) is 0 Å². The highest BCUT2D eigenvalue weighted by molar-refractivity contribution is 7.13. The zero-order valence-corrected chi connectivity index (χ0v) is 21.0. The third kappa shape index (κ3) is 5.25. The molecule has 1 N–H and O–H groups in total. The molecule has 0 saturated carbocycles. The van der Waals surface area contributed by atoms with Gasteiger partial charge in [-0.25, -0.2) is 19.9 Å². The van der Waals surface area contributed by atoms with E-state index >= 15 is 0 Å². The van der Waals surface area contributed by atoms with E-state index in [0.29, 0.717) is 22.5 Å². The number of aryl methyl sites for hydroxylation is 2. The predicted octanol–water partition coefficient (Wildman–Crippen LogP) is 6.48. The van der Waals surface area contributed by atoms with Crippen LogP contribution < -0.4 is 10.2 Å². The molecule has 1 amide bonds. The Hall–Kier alpha value is -4.58. The zero-order valence-electron chi connectivity index (χ0n) is 20.1. The van der Waals surface area contributed by atoms with Crippen LogP contribution in [0.4, 0.5) is 35.6 Å². The second-order valence-electron chi connectivity index (χ2n) is 8.34. The molecule has 0 aliphatic carbocycles. The molecule has 38 heavy (non-hydrogen) atoms. The van der Waals surface area contributed by atoms with Gasteiger partial charge in [0.1, 0.15) is 0 Å². The van der Waals surface area contributed by atoms with Gasteiger partial charge in [-0.15, -0.1) is 11.3 Å². The van der Waals surface area contributed by atoms with Gasteiger partial charge >= 0.3 is 6.18 Å². The maximum absolute atomic E-state index is 13.7. The minimum absolute atomic E-state index is 0.00326. The van der Waals surface area contributed by atoms with Crippen molar-refractivity contribution in [1.29, 1.82) is 0 Å². The Morgan fingerprint density at radius 3 is 2.45 bits per heavy atom. The van der Waals surface area contributed by atoms with Gasteiger partial charge in [-0.3, -0.25) is 9.69 Å². The number of aromatic nitrogens is 5. The van der Waals surface area contributed by atoms with Crippen molar-refractivity contribution < 1.29 is 18.0 Å². The second kappa shape index (κ2) is 10.1. The molecule has 0 spiro atoms. The molecule has 192 valence electrons. The Bertz CT molecular complexity index is 1580. The molecule has 3 heterocycles. The van der Waals surface area contributed by atoms with Gasteiger partial charge in [0.15, 0.2) is 5.13 Å². The van der Waals surface area contributed by atoms with Crippen LogP contribution >= 0.6 is 11.3 Å². The standard InChI is InChI=1S/C26H20F3N7OS/c1-16-4-5-18(10-22(16)36(25-32-8-9-38-25)24-30-6-3-7-31-24)23(37)34-20-11-19(26(27,28)29)12-21(13-20)35-14-17(2)33-15-35/h3-15H,1-2H3,(H,34,37). The average Bonchev–Trinajstić information content (AvgIpc) is 3.57. The lowest BCUT2D eigenvalue weighted by Gasteiger charge is -2.22. The first-order chi connectivity index (χ1) is 18.2. The van der Waals surface area contributed by atoms with Gasteiger partial charge in [0, 0.05) is 47.1 Å². The number of carbonyl (C=O) groups excluding carboxylic acids is 1. The highest BCUT2D eigenvalue weighted by Gasteiger charge is 2.31. The summed E-state index contributed by atoms with van der Waals surface area (Å²) in [5.41, 5.74) is 1.64. The topological polar surface area (TPSA) is 88.8 Å². The van der Waals surface area contributed by atoms with E-state index < -0.39 is 17.6 Å². The molecular weight excluding hydrogens is 515 g/mol. The molecular formula is C26H20F3N7OS. The maximum Gasteiger partial charge on any atom is 0.416 e. The molecule has 3 aromatic heterocycles. The summed E-state index contributed by atoms with van der Waals surface area (Å²) in [6.07, 6.45) is 3.26. The maximum atomic E-state index is 13.7. The molecule has 0 fully saturated rings. The summed E-state index contributed by atoms with van der Waals surface area (Å²) in [6.45, 7) is 3.60. The summed E-state index contributed by atoms with van der Waals surface area (Å²) < 4.78 is 42.4. The first-order valence-electron chi connectivity index (χ1n) is 11.3. The number of nitrogens with zero attached hydrogens (tertiary/aromatic N) is 6. The summed E-state index contributed by atoms with van der Waals surface area (Å²) in [5.74, 6) is -0.215. The quantitative estimate of drug-likeness (QED) is 0.268. The monoisotopic (exact) mass is 535 g/mol. The van der Waals surface area contributed by atoms with Crippen molar-refractivity contribution in [2.45, 2.75) is 20.0 Å². The van der Waals surface area contributed by atoms with E-state index in [0.717, 1.165) is 17.7 Å². The van der Waals surface area contributed by atoms with Crippen LogP contribution in [-0.4, -0.2) is 30.4 Å². The number of hydrogen-bond acceptors (Lipinski definition) is 7. The Kier molecular flexibility index (Phi) is 6.64. The van der Waals surface area contributed by atoms with Gasteiger partial charge in [0.05, 0.1) is 23.3 Å². The van der Waals surface area contributed by atoms with Crippen molar-refractivity contribution >= 4 is 39.7 Å². The fourth-order valence-corrected chi connectivity index (χ4v) is 4.43. The van der Waals surface area contributed by atoms with Crippen molar-refractivity contribution in [1.82, 2.24) is 24.5 Å². The van der Waals surface area contributed by atoms with E-state index in [4.69, 9.17) is 0 Å². The lowest BCUT2D eigenvalue weighted by Crippen LogP contribution is -2.17. The van der Waals surface area contributed by atoms with Gasteiger partial charge in [0.2, 0.25) is 5.95 Å². The molecule has 0 aliphatic heterocycles. The van der Waals surface area contributed by atoms with E-state index in [1.165, 1.54) is 28.3 Å². The van der Waals surface area contributed by atoms with Crippen LogP contribution in [0.3, 0.4) is 0 Å². The lowest BCUT2D eigenvalue weighted by atomic mass is 10.1. The minimum atomic E-state index is -4.61. The Balaban J connectivity index is 1.51. The molecule has 8 nitrogen and oxygen atoms in total. The number of rotatable bonds is 6. The number of nitrogens with one attached hydrogen (secondary N) is 1. The molecule has 12 heteroatoms. The molecule has 0 saturated heterocycles. The molecule has 0 radical (unpaired) electrons. The highest BCUT2D eigenvalue weighted by atomic mass is 32.1. The number of alkyl halides is 3. The first kappa shape index (κ1) is 25.1. The second-order valence-corrected chi connectivity index (χ2v) is 9.22. The van der Waals surface area contributed by atoms with Crippen LogP contribution in [0.5, 0.6) is 0 Å². The summed E-state index contributed by atoms with van der Waals surface area (Å²) in [5, 5.41) is 5.01. The molecule has 5 rings (SSSR count). The SMILES string of the molecule is Cc1cn(-c2cc(NC(=O)c3ccc(C)c(N(c4ncccn4)c4nccs4)c3)cc(C(F)(F)F)c2)cn1. The third-order valence-corrected chi connectivity index (χ3v) is 6.34. The summed E-state index contributed by atoms with van der Waals surface area (Å²) in [6, 6.07) is 10.0. The number of hydrogen-bond donors (Lipinski definition) is 1. The van der Waals surface area contributed by atoms with Crippen molar-refractivity contribution in [2.75, 3.05) is 10.2 Å². The Labute approximate surface area is 219 Å². The zero-order chi connectivity index (χ0) is 26.9. The molecule has 0 atom stereocenters. The van der Waals surface area contributed by atoms with Crippen molar-refractivity contribution in [2.24, 2.45) is 0 Å². The number of thiazole rings is 1. The lowest BCUT2D eigenvalue weighted by molar-refractivity contribution is -0.137. The number of anilines is 4. The molecule has 0 unspecified atom stereocenters. The Morgan fingerprint density at radius 2 is 1.79 bits per heavy atom. The molecule has 0 aliphatic rings. The largest absolute Gasteiger partial charge is 0.416 e. The van der Waals surface area contributed by atoms with E-state index in [1.807, 2.05) is 12.3 Å². The van der Waals surface area contributed by atoms with E-state index in [-0.39, 0.29) is 16.9 Å². The van der Waals surface area contributed by atoms with Gasteiger partial charge in [-0.1, -0.05) is 6.07 Å². The number of carbonyl (C=O) groups is 1.